The summed E-state index contributed by atoms with van der Waals surface area (Å²) in [4.78, 5) is 23.8. The van der Waals surface area contributed by atoms with Crippen LogP contribution in [0.1, 0.15) is 26.3 Å². The number of hydrogen-bond donors (Lipinski definition) is 1. The Labute approximate surface area is 178 Å². The molecule has 1 aliphatic rings. The van der Waals surface area contributed by atoms with E-state index in [4.69, 9.17) is 24.1 Å². The van der Waals surface area contributed by atoms with Crippen LogP contribution in [0.4, 0.5) is 0 Å². The van der Waals surface area contributed by atoms with Gasteiger partial charge in [-0.3, -0.25) is 4.79 Å². The number of fused-ring (bicyclic) bond motifs is 2. The zero-order valence-corrected chi connectivity index (χ0v) is 16.6. The van der Waals surface area contributed by atoms with Gasteiger partial charge in [0.05, 0.1) is 5.56 Å². The minimum absolute atomic E-state index is 0.120. The molecule has 0 saturated carbocycles. The molecule has 0 atom stereocenters. The number of rotatable bonds is 3. The first-order chi connectivity index (χ1) is 15.1. The fraction of sp³-hybridized carbons (Fsp3) is 0.167. The summed E-state index contributed by atoms with van der Waals surface area (Å²) >= 11 is 0. The minimum Gasteiger partial charge on any atom is -0.486 e. The molecule has 0 unspecified atom stereocenters. The maximum absolute atomic E-state index is 12.8. The molecular formula is C24H20O7. The molecule has 1 N–H and O–H groups in total. The highest BCUT2D eigenvalue weighted by Crippen LogP contribution is 2.31. The second-order valence-electron chi connectivity index (χ2n) is 6.71. The molecule has 3 aromatic carbocycles. The number of ether oxygens (including phenoxy) is 4. The van der Waals surface area contributed by atoms with E-state index in [0.717, 1.165) is 0 Å². The Bertz CT molecular complexity index is 1090. The van der Waals surface area contributed by atoms with Crippen molar-refractivity contribution in [1.29, 1.82) is 0 Å². The van der Waals surface area contributed by atoms with Crippen molar-refractivity contribution in [3.8, 4) is 23.0 Å². The molecule has 158 valence electrons. The maximum Gasteiger partial charge on any atom is 0.335 e. The highest BCUT2D eigenvalue weighted by molar-refractivity contribution is 6.09. The molecule has 0 saturated heterocycles. The van der Waals surface area contributed by atoms with Crippen LogP contribution in [0, 0.1) is 0 Å². The molecule has 0 aromatic heterocycles. The summed E-state index contributed by atoms with van der Waals surface area (Å²) in [6, 6.07) is 18.1. The first-order valence-electron chi connectivity index (χ1n) is 9.74. The lowest BCUT2D eigenvalue weighted by Crippen LogP contribution is -2.15. The predicted molar refractivity (Wildman–Crippen MR) is 112 cm³/mol. The number of carbonyl (C=O) groups is 2. The van der Waals surface area contributed by atoms with Gasteiger partial charge in [-0.2, -0.15) is 0 Å². The number of carboxylic acid groups (broad SMARTS) is 1. The van der Waals surface area contributed by atoms with Gasteiger partial charge in [-0.15, -0.1) is 0 Å². The summed E-state index contributed by atoms with van der Waals surface area (Å²) in [6.45, 7) is 1.13. The van der Waals surface area contributed by atoms with Gasteiger partial charge in [0.25, 0.3) is 0 Å². The first kappa shape index (κ1) is 20.3. The number of carbonyl (C=O) groups excluding carboxylic acids is 1. The molecule has 4 rings (SSSR count). The minimum atomic E-state index is -1.04. The predicted octanol–water partition coefficient (Wildman–Crippen LogP) is 3.84. The lowest BCUT2D eigenvalue weighted by molar-refractivity contribution is 0.0696. The monoisotopic (exact) mass is 420 g/mol. The number of benzene rings is 3. The summed E-state index contributed by atoms with van der Waals surface area (Å²) in [6.07, 6.45) is 0. The maximum atomic E-state index is 12.8. The van der Waals surface area contributed by atoms with E-state index in [1.54, 1.807) is 18.2 Å². The van der Waals surface area contributed by atoms with Crippen molar-refractivity contribution in [2.75, 3.05) is 26.4 Å². The van der Waals surface area contributed by atoms with Crippen LogP contribution in [0.2, 0.25) is 0 Å². The third-order valence-electron chi connectivity index (χ3n) is 4.65. The third kappa shape index (κ3) is 4.78. The van der Waals surface area contributed by atoms with E-state index in [1.165, 1.54) is 24.3 Å². The van der Waals surface area contributed by atoms with Crippen LogP contribution in [-0.2, 0) is 0 Å². The van der Waals surface area contributed by atoms with E-state index in [9.17, 15) is 9.59 Å². The van der Waals surface area contributed by atoms with Crippen LogP contribution in [0.25, 0.3) is 0 Å². The second kappa shape index (κ2) is 9.21. The summed E-state index contributed by atoms with van der Waals surface area (Å²) in [5.74, 6) is 0.893. The summed E-state index contributed by atoms with van der Waals surface area (Å²) < 4.78 is 23.1. The second-order valence-corrected chi connectivity index (χ2v) is 6.71. The van der Waals surface area contributed by atoms with E-state index in [-0.39, 0.29) is 31.2 Å². The highest BCUT2D eigenvalue weighted by Gasteiger charge is 2.15. The quantitative estimate of drug-likeness (QED) is 0.644. The molecule has 0 bridgehead atoms. The topological polar surface area (TPSA) is 91.3 Å². The Morgan fingerprint density at radius 3 is 1.58 bits per heavy atom. The van der Waals surface area contributed by atoms with Gasteiger partial charge in [0.2, 0.25) is 0 Å². The first-order valence-corrected chi connectivity index (χ1v) is 9.74. The van der Waals surface area contributed by atoms with Crippen molar-refractivity contribution < 1.29 is 33.6 Å². The average molecular weight is 420 g/mol. The highest BCUT2D eigenvalue weighted by atomic mass is 16.6. The van der Waals surface area contributed by atoms with Gasteiger partial charge in [-0.05, 0) is 42.5 Å². The van der Waals surface area contributed by atoms with Gasteiger partial charge < -0.3 is 24.1 Å². The Morgan fingerprint density at radius 2 is 1.03 bits per heavy atom. The largest absolute Gasteiger partial charge is 0.486 e. The van der Waals surface area contributed by atoms with E-state index in [0.29, 0.717) is 40.7 Å². The summed E-state index contributed by atoms with van der Waals surface area (Å²) in [7, 11) is 0. The number of aromatic carboxylic acids is 1. The zero-order chi connectivity index (χ0) is 21.6. The van der Waals surface area contributed by atoms with Gasteiger partial charge in [-0.25, -0.2) is 4.79 Å². The SMILES string of the molecule is O=C(O)c1ccc(C(=O)c2ccc3c(c2)OCCOc2ccccc2OCCO3)cc1. The number of hydrogen-bond acceptors (Lipinski definition) is 6. The van der Waals surface area contributed by atoms with Gasteiger partial charge in [0.15, 0.2) is 28.8 Å². The standard InChI is InChI=1S/C24H20O7/c25-23(16-5-7-17(8-6-16)24(26)27)18-9-10-21-22(15-18)31-14-13-29-20-4-2-1-3-19(20)28-11-12-30-21/h1-10,15H,11-14H2,(H,26,27). The van der Waals surface area contributed by atoms with Crippen molar-refractivity contribution in [2.24, 2.45) is 0 Å². The van der Waals surface area contributed by atoms with Crippen LogP contribution in [0.3, 0.4) is 0 Å². The fourth-order valence-corrected chi connectivity index (χ4v) is 3.11. The molecule has 31 heavy (non-hydrogen) atoms. The van der Waals surface area contributed by atoms with Crippen LogP contribution in [0.15, 0.2) is 66.7 Å². The van der Waals surface area contributed by atoms with Gasteiger partial charge in [-0.1, -0.05) is 24.3 Å². The average Bonchev–Trinajstić information content (AvgIpc) is 2.79. The molecule has 0 spiro atoms. The summed E-state index contributed by atoms with van der Waals surface area (Å²) in [5, 5.41) is 9.01. The third-order valence-corrected chi connectivity index (χ3v) is 4.65. The smallest absolute Gasteiger partial charge is 0.335 e. The van der Waals surface area contributed by atoms with E-state index in [2.05, 4.69) is 0 Å². The van der Waals surface area contributed by atoms with E-state index < -0.39 is 5.97 Å². The Balaban J connectivity index is 1.52. The van der Waals surface area contributed by atoms with E-state index in [1.807, 2.05) is 24.3 Å². The van der Waals surface area contributed by atoms with Crippen LogP contribution >= 0.6 is 0 Å². The molecule has 1 aliphatic heterocycles. The zero-order valence-electron chi connectivity index (χ0n) is 16.6. The number of ketones is 1. The van der Waals surface area contributed by atoms with Gasteiger partial charge in [0.1, 0.15) is 26.4 Å². The van der Waals surface area contributed by atoms with Crippen LogP contribution in [0.5, 0.6) is 23.0 Å². The van der Waals surface area contributed by atoms with Crippen molar-refractivity contribution in [2.45, 2.75) is 0 Å². The Morgan fingerprint density at radius 1 is 0.581 bits per heavy atom. The van der Waals surface area contributed by atoms with Gasteiger partial charge in [0, 0.05) is 11.1 Å². The summed E-state index contributed by atoms with van der Waals surface area (Å²) in [5.41, 5.74) is 0.905. The Kier molecular flexibility index (Phi) is 6.03. The molecule has 0 fully saturated rings. The molecule has 0 amide bonds. The molecule has 0 aliphatic carbocycles. The number of para-hydroxylation sites is 2. The molecule has 7 nitrogen and oxygen atoms in total. The van der Waals surface area contributed by atoms with Crippen molar-refractivity contribution in [3.63, 3.8) is 0 Å². The Hall–Kier alpha value is -4.00. The van der Waals surface area contributed by atoms with Crippen molar-refractivity contribution in [1.82, 2.24) is 0 Å². The molecule has 7 heteroatoms. The van der Waals surface area contributed by atoms with E-state index >= 15 is 0 Å². The molecule has 3 aromatic rings. The lowest BCUT2D eigenvalue weighted by atomic mass is 10.0. The molecule has 0 radical (unpaired) electrons. The van der Waals surface area contributed by atoms with Crippen molar-refractivity contribution in [3.05, 3.63) is 83.4 Å². The molecule has 1 heterocycles. The van der Waals surface area contributed by atoms with Crippen LogP contribution in [-0.4, -0.2) is 43.3 Å². The van der Waals surface area contributed by atoms with Gasteiger partial charge >= 0.3 is 5.97 Å². The fourth-order valence-electron chi connectivity index (χ4n) is 3.11. The normalized spacial score (nSPS) is 13.4. The van der Waals surface area contributed by atoms with Crippen LogP contribution < -0.4 is 18.9 Å². The lowest BCUT2D eigenvalue weighted by Gasteiger charge is -2.17. The van der Waals surface area contributed by atoms with Crippen molar-refractivity contribution >= 4 is 11.8 Å². The molecular weight excluding hydrogens is 400 g/mol. The number of carboxylic acids is 1.